The Morgan fingerprint density at radius 2 is 0.549 bits per heavy atom. The molecule has 2 aromatic carbocycles. The summed E-state index contributed by atoms with van der Waals surface area (Å²) in [5, 5.41) is 0. The number of hydrogen-bond acceptors (Lipinski definition) is 8. The number of aromatic nitrogens is 4. The van der Waals surface area contributed by atoms with Gasteiger partial charge in [0.05, 0.1) is 62.4 Å². The van der Waals surface area contributed by atoms with Gasteiger partial charge in [0.25, 0.3) is 0 Å². The minimum Gasteiger partial charge on any atom is -0.490 e. The van der Waals surface area contributed by atoms with Gasteiger partial charge in [0.15, 0.2) is 23.0 Å². The van der Waals surface area contributed by atoms with E-state index >= 15 is 0 Å². The van der Waals surface area contributed by atoms with Crippen LogP contribution < -0.4 is 28.4 Å². The number of aromatic amines is 2. The molecule has 102 heavy (non-hydrogen) atoms. The number of H-pyrrole nitrogens is 2. The average molecular weight is 1390 g/mol. The first-order valence-electron chi connectivity index (χ1n) is 39.2. The number of ether oxygens (including phenoxy) is 6. The summed E-state index contributed by atoms with van der Waals surface area (Å²) in [4.78, 5) is 18.6. The minimum atomic E-state index is 0.332. The molecule has 0 radical (unpaired) electrons. The van der Waals surface area contributed by atoms with Gasteiger partial charge in [0.2, 0.25) is 11.5 Å². The zero-order chi connectivity index (χ0) is 73.5. The molecule has 7 rings (SSSR count). The summed E-state index contributed by atoms with van der Waals surface area (Å²) in [5.41, 5.74) is 10.4. The number of fused-ring (bicyclic) bond motifs is 8. The van der Waals surface area contributed by atoms with Crippen LogP contribution in [-0.4, -0.2) is 59.6 Å². The molecule has 2 aliphatic rings. The lowest BCUT2D eigenvalue weighted by Crippen LogP contribution is -2.09. The maximum atomic E-state index is 6.98. The molecule has 8 bridgehead atoms. The van der Waals surface area contributed by atoms with Gasteiger partial charge in [-0.25, -0.2) is 9.97 Å². The van der Waals surface area contributed by atoms with Crippen molar-refractivity contribution in [3.8, 4) is 56.8 Å². The van der Waals surface area contributed by atoms with Crippen molar-refractivity contribution < 1.29 is 28.4 Å². The van der Waals surface area contributed by atoms with Crippen LogP contribution in [0, 0.1) is 71.0 Å². The summed E-state index contributed by atoms with van der Waals surface area (Å²) in [6.07, 6.45) is 47.7. The Bertz CT molecular complexity index is 3430. The van der Waals surface area contributed by atoms with Crippen molar-refractivity contribution in [2.45, 2.75) is 202 Å². The van der Waals surface area contributed by atoms with Crippen molar-refractivity contribution in [1.29, 1.82) is 0 Å². The van der Waals surface area contributed by atoms with E-state index in [4.69, 9.17) is 38.4 Å². The molecule has 3 aromatic heterocycles. The molecule has 5 aromatic rings. The highest BCUT2D eigenvalue weighted by atomic mass is 16.5. The van der Waals surface area contributed by atoms with Crippen molar-refractivity contribution in [3.63, 3.8) is 0 Å². The van der Waals surface area contributed by atoms with Crippen molar-refractivity contribution in [2.75, 3.05) is 39.6 Å². The lowest BCUT2D eigenvalue weighted by Gasteiger charge is -2.20. The van der Waals surface area contributed by atoms with Gasteiger partial charge < -0.3 is 38.4 Å². The van der Waals surface area contributed by atoms with Crippen LogP contribution >= 0.6 is 0 Å². The van der Waals surface area contributed by atoms with Crippen molar-refractivity contribution in [3.05, 3.63) is 156 Å². The summed E-state index contributed by atoms with van der Waals surface area (Å²) < 4.78 is 41.8. The molecule has 554 valence electrons. The number of hydrogen-bond donors (Lipinski definition) is 2. The zero-order valence-electron chi connectivity index (χ0n) is 66.0. The van der Waals surface area contributed by atoms with Crippen LogP contribution in [0.5, 0.6) is 34.5 Å². The molecule has 0 unspecified atom stereocenters. The molecule has 0 aliphatic carbocycles. The van der Waals surface area contributed by atoms with E-state index in [0.717, 1.165) is 144 Å². The van der Waals surface area contributed by atoms with Crippen LogP contribution in [0.15, 0.2) is 134 Å². The van der Waals surface area contributed by atoms with Crippen molar-refractivity contribution in [1.82, 2.24) is 19.9 Å². The fraction of sp³-hybridized carbons (Fsp3) is 0.522. The van der Waals surface area contributed by atoms with Gasteiger partial charge in [-0.1, -0.05) is 198 Å². The molecule has 5 heterocycles. The number of benzene rings is 2. The van der Waals surface area contributed by atoms with Gasteiger partial charge in [-0.2, -0.15) is 0 Å². The Balaban J connectivity index is 1.39. The first-order chi connectivity index (χ1) is 49.0. The number of nitrogens with zero attached hydrogens (tertiary/aromatic N) is 2. The molecule has 10 nitrogen and oxygen atoms in total. The number of rotatable bonds is 44. The molecular formula is C92H130N4O6. The van der Waals surface area contributed by atoms with Gasteiger partial charge >= 0.3 is 0 Å². The van der Waals surface area contributed by atoms with E-state index in [9.17, 15) is 0 Å². The SMILES string of the molecule is CC(C)C/C=C\[C@H](C)CCOc1cc(-c2c3nc(cc4ccc([nH]4)c(-c4cc(OCC[C@@H](C)/C=C\CC(C)C)c(OCC[C@@H](C)/C=C\CC(C)C)c(OCC[C@@H](C)/C=C\CC(C)C)c4)c4nc(cc5ccc2[nH]5)C=C4)C=C3)cc(OCC[C@@H](C)/C=C\CC(C)C)c1OCC[C@@H](C)/C=C\CC(C)C. The topological polar surface area (TPSA) is 113 Å². The van der Waals surface area contributed by atoms with Crippen LogP contribution in [0.2, 0.25) is 0 Å². The van der Waals surface area contributed by atoms with Gasteiger partial charge in [-0.05, 0) is 244 Å². The Kier molecular flexibility index (Phi) is 34.2. The molecule has 0 spiro atoms. The maximum absolute atomic E-state index is 6.98. The van der Waals surface area contributed by atoms with Gasteiger partial charge in [0.1, 0.15) is 0 Å². The molecule has 0 saturated heterocycles. The van der Waals surface area contributed by atoms with E-state index in [1.165, 1.54) is 0 Å². The smallest absolute Gasteiger partial charge is 0.203 e. The molecule has 0 fully saturated rings. The fourth-order valence-corrected chi connectivity index (χ4v) is 12.0. The molecule has 2 aliphatic heterocycles. The summed E-state index contributed by atoms with van der Waals surface area (Å²) in [7, 11) is 0. The second-order valence-corrected chi connectivity index (χ2v) is 31.8. The van der Waals surface area contributed by atoms with E-state index in [1.54, 1.807) is 0 Å². The Morgan fingerprint density at radius 3 is 0.794 bits per heavy atom. The highest BCUT2D eigenvalue weighted by Gasteiger charge is 2.24. The third kappa shape index (κ3) is 28.5. The molecule has 6 atom stereocenters. The van der Waals surface area contributed by atoms with Gasteiger partial charge in [0, 0.05) is 33.2 Å². The predicted octanol–water partition coefficient (Wildman–Crippen LogP) is 26.0. The number of allylic oxidation sites excluding steroid dienone is 12. The van der Waals surface area contributed by atoms with Gasteiger partial charge in [-0.3, -0.25) is 0 Å². The highest BCUT2D eigenvalue weighted by Crippen LogP contribution is 2.46. The largest absolute Gasteiger partial charge is 0.490 e. The molecule has 0 amide bonds. The Morgan fingerprint density at radius 1 is 0.304 bits per heavy atom. The van der Waals surface area contributed by atoms with Gasteiger partial charge in [-0.15, -0.1) is 0 Å². The lowest BCUT2D eigenvalue weighted by molar-refractivity contribution is 0.228. The van der Waals surface area contributed by atoms with Crippen LogP contribution in [0.25, 0.3) is 68.6 Å². The van der Waals surface area contributed by atoms with E-state index in [1.807, 2.05) is 0 Å². The zero-order valence-corrected chi connectivity index (χ0v) is 66.0. The van der Waals surface area contributed by atoms with E-state index < -0.39 is 0 Å². The van der Waals surface area contributed by atoms with Crippen molar-refractivity contribution >= 4 is 46.4 Å². The maximum Gasteiger partial charge on any atom is 0.203 e. The highest BCUT2D eigenvalue weighted by molar-refractivity contribution is 5.94. The number of nitrogens with one attached hydrogen (secondary N) is 2. The van der Waals surface area contributed by atoms with Crippen LogP contribution in [0.3, 0.4) is 0 Å². The van der Waals surface area contributed by atoms with E-state index in [2.05, 4.69) is 292 Å². The molecule has 0 saturated carbocycles. The minimum absolute atomic E-state index is 0.332. The first kappa shape index (κ1) is 81.6. The van der Waals surface area contributed by atoms with E-state index in [0.29, 0.717) is 145 Å². The lowest BCUT2D eigenvalue weighted by atomic mass is 10.0. The monoisotopic (exact) mass is 1390 g/mol. The second kappa shape index (κ2) is 42.8. The summed E-state index contributed by atoms with van der Waals surface area (Å²) in [5.74, 6) is 9.51. The third-order valence-electron chi connectivity index (χ3n) is 18.4. The molecule has 10 heteroatoms. The quantitative estimate of drug-likeness (QED) is 0.0363. The first-order valence-corrected chi connectivity index (χ1v) is 39.2. The Hall–Kier alpha value is -7.72. The fourth-order valence-electron chi connectivity index (χ4n) is 12.0. The average Bonchev–Trinajstić information content (AvgIpc) is 1.52. The Labute approximate surface area is 616 Å². The van der Waals surface area contributed by atoms with Crippen LogP contribution in [0.1, 0.15) is 224 Å². The second-order valence-electron chi connectivity index (χ2n) is 31.8. The standard InChI is InChI=1S/C92H130N4O6/c1-63(2)25-19-31-69(13)45-51-97-85-57-75(58-86(98-52-46-70(14)32-20-26-64(3)4)91(85)101-55-49-73(17)35-23-29-67(9)10)89-81-41-37-77(93-81)61-79-39-43-83(95-79)90(84-44-40-80(96-84)62-78-38-42-82(89)94-78)76-59-87(99-53-47-71(15)33-21-27-65(5)6)92(102-56-50-74(18)36-24-30-68(11)12)88(60-76)100-54-48-72(16)34-22-28-66(7)8/h19-24,31-44,57-74,93,96H,25-30,45-56H2,1-18H3/b31-19-,32-20-,33-21-,34-22-,35-23-,36-24-,77-61?,78-62?,79-61?,80-62?,89-81?,89-82?,90-83?,90-84?/t69-,70-,71-,72-,73-,74-/m0/s1. The summed E-state index contributed by atoms with van der Waals surface area (Å²) >= 11 is 0. The third-order valence-corrected chi connectivity index (χ3v) is 18.4. The summed E-state index contributed by atoms with van der Waals surface area (Å²) in [6.45, 7) is 43.7. The van der Waals surface area contributed by atoms with Crippen LogP contribution in [-0.2, 0) is 0 Å². The molecule has 2 N–H and O–H groups in total. The summed E-state index contributed by atoms with van der Waals surface area (Å²) in [6, 6.07) is 21.3. The molecular weight excluding hydrogens is 1260 g/mol. The normalized spacial score (nSPS) is 14.7. The van der Waals surface area contributed by atoms with E-state index in [-0.39, 0.29) is 0 Å². The predicted molar refractivity (Wildman–Crippen MR) is 437 cm³/mol. The van der Waals surface area contributed by atoms with Crippen LogP contribution in [0.4, 0.5) is 0 Å². The van der Waals surface area contributed by atoms with Crippen molar-refractivity contribution in [2.24, 2.45) is 71.0 Å².